The van der Waals surface area contributed by atoms with Crippen molar-refractivity contribution in [3.05, 3.63) is 64.8 Å². The maximum Gasteiger partial charge on any atom is 0.173 e. The fourth-order valence-electron chi connectivity index (χ4n) is 1.84. The van der Waals surface area contributed by atoms with E-state index in [4.69, 9.17) is 27.9 Å². The number of rotatable bonds is 3. The molecular weight excluding hydrogens is 295 g/mol. The van der Waals surface area contributed by atoms with Crippen molar-refractivity contribution in [3.63, 3.8) is 0 Å². The van der Waals surface area contributed by atoms with Crippen molar-refractivity contribution in [3.8, 4) is 22.8 Å². The highest BCUT2D eigenvalue weighted by Crippen LogP contribution is 2.35. The number of nitrogens with zero attached hydrogens (tertiary/aromatic N) is 1. The number of H-pyrrole nitrogens is 1. The summed E-state index contributed by atoms with van der Waals surface area (Å²) in [7, 11) is 0. The lowest BCUT2D eigenvalue weighted by Crippen LogP contribution is -1.86. The van der Waals surface area contributed by atoms with Crippen molar-refractivity contribution in [2.24, 2.45) is 0 Å². The van der Waals surface area contributed by atoms with Crippen molar-refractivity contribution < 1.29 is 4.74 Å². The molecule has 0 atom stereocenters. The van der Waals surface area contributed by atoms with Gasteiger partial charge in [-0.05, 0) is 30.3 Å². The zero-order valence-electron chi connectivity index (χ0n) is 10.3. The molecule has 0 aliphatic carbocycles. The Labute approximate surface area is 126 Å². The number of ether oxygens (including phenoxy) is 1. The van der Waals surface area contributed by atoms with Gasteiger partial charge in [0.15, 0.2) is 5.75 Å². The van der Waals surface area contributed by atoms with E-state index in [0.29, 0.717) is 21.5 Å². The number of hydrogen-bond acceptors (Lipinski definition) is 2. The first-order valence-electron chi connectivity index (χ1n) is 5.96. The molecule has 1 aromatic heterocycles. The Morgan fingerprint density at radius 2 is 1.70 bits per heavy atom. The van der Waals surface area contributed by atoms with Gasteiger partial charge in [0.25, 0.3) is 0 Å². The summed E-state index contributed by atoms with van der Waals surface area (Å²) in [5.74, 6) is 1.30. The minimum Gasteiger partial charge on any atom is -0.453 e. The Morgan fingerprint density at radius 3 is 2.45 bits per heavy atom. The third-order valence-corrected chi connectivity index (χ3v) is 3.37. The van der Waals surface area contributed by atoms with Gasteiger partial charge in [-0.2, -0.15) is 5.10 Å². The lowest BCUT2D eigenvalue weighted by molar-refractivity contribution is 0.485. The highest BCUT2D eigenvalue weighted by Gasteiger charge is 2.12. The standard InChI is InChI=1S/C15H10Cl2N2O/c16-10-5-7-11(8-6-10)20-14-9-18-19-15(14)12-3-1-2-4-13(12)17/h1-9H,(H,18,19). The third kappa shape index (κ3) is 2.64. The van der Waals surface area contributed by atoms with Crippen LogP contribution in [0.4, 0.5) is 0 Å². The molecule has 0 spiro atoms. The van der Waals surface area contributed by atoms with E-state index >= 15 is 0 Å². The van der Waals surface area contributed by atoms with E-state index < -0.39 is 0 Å². The Bertz CT molecular complexity index is 723. The molecule has 0 aliphatic heterocycles. The summed E-state index contributed by atoms with van der Waals surface area (Å²) in [6, 6.07) is 14.7. The number of aromatic amines is 1. The van der Waals surface area contributed by atoms with Gasteiger partial charge in [-0.1, -0.05) is 41.4 Å². The lowest BCUT2D eigenvalue weighted by atomic mass is 10.1. The average molecular weight is 305 g/mol. The van der Waals surface area contributed by atoms with Crippen molar-refractivity contribution >= 4 is 23.2 Å². The van der Waals surface area contributed by atoms with Crippen LogP contribution in [0.1, 0.15) is 0 Å². The molecule has 0 radical (unpaired) electrons. The Hall–Kier alpha value is -1.97. The zero-order chi connectivity index (χ0) is 13.9. The van der Waals surface area contributed by atoms with Crippen molar-refractivity contribution in [1.82, 2.24) is 10.2 Å². The summed E-state index contributed by atoms with van der Waals surface area (Å²) in [5.41, 5.74) is 1.58. The van der Waals surface area contributed by atoms with E-state index in [1.807, 2.05) is 24.3 Å². The van der Waals surface area contributed by atoms with Crippen LogP contribution in [0.25, 0.3) is 11.3 Å². The lowest BCUT2D eigenvalue weighted by Gasteiger charge is -2.07. The molecule has 2 aromatic carbocycles. The van der Waals surface area contributed by atoms with Gasteiger partial charge in [0.1, 0.15) is 11.4 Å². The van der Waals surface area contributed by atoms with E-state index in [1.165, 1.54) is 0 Å². The van der Waals surface area contributed by atoms with Crippen molar-refractivity contribution in [1.29, 1.82) is 0 Å². The molecule has 3 aromatic rings. The van der Waals surface area contributed by atoms with Crippen LogP contribution >= 0.6 is 23.2 Å². The summed E-state index contributed by atoms with van der Waals surface area (Å²) < 4.78 is 5.80. The van der Waals surface area contributed by atoms with Crippen molar-refractivity contribution in [2.75, 3.05) is 0 Å². The minimum atomic E-state index is 0.612. The van der Waals surface area contributed by atoms with Crippen LogP contribution in [-0.2, 0) is 0 Å². The largest absolute Gasteiger partial charge is 0.453 e. The second-order valence-corrected chi connectivity index (χ2v) is 4.99. The van der Waals surface area contributed by atoms with Gasteiger partial charge >= 0.3 is 0 Å². The molecule has 5 heteroatoms. The van der Waals surface area contributed by atoms with Crippen molar-refractivity contribution in [2.45, 2.75) is 0 Å². The maximum atomic E-state index is 6.19. The Morgan fingerprint density at radius 1 is 0.950 bits per heavy atom. The summed E-state index contributed by atoms with van der Waals surface area (Å²) >= 11 is 12.0. The van der Waals surface area contributed by atoms with Crippen LogP contribution in [0.3, 0.4) is 0 Å². The van der Waals surface area contributed by atoms with E-state index in [2.05, 4.69) is 10.2 Å². The summed E-state index contributed by atoms with van der Waals surface area (Å²) in [6.07, 6.45) is 1.62. The van der Waals surface area contributed by atoms with Gasteiger partial charge in [0.05, 0.1) is 11.2 Å². The van der Waals surface area contributed by atoms with Gasteiger partial charge in [0.2, 0.25) is 0 Å². The summed E-state index contributed by atoms with van der Waals surface area (Å²) in [4.78, 5) is 0. The molecule has 0 fully saturated rings. The first kappa shape index (κ1) is 13.0. The molecule has 3 rings (SSSR count). The molecule has 0 unspecified atom stereocenters. The number of hydrogen-bond donors (Lipinski definition) is 1. The summed E-state index contributed by atoms with van der Waals surface area (Å²) in [5, 5.41) is 8.23. The van der Waals surface area contributed by atoms with Gasteiger partial charge in [-0.25, -0.2) is 0 Å². The number of halogens is 2. The molecule has 3 nitrogen and oxygen atoms in total. The highest BCUT2D eigenvalue weighted by molar-refractivity contribution is 6.33. The smallest absolute Gasteiger partial charge is 0.173 e. The third-order valence-electron chi connectivity index (χ3n) is 2.79. The van der Waals surface area contributed by atoms with E-state index in [-0.39, 0.29) is 0 Å². The Kier molecular flexibility index (Phi) is 3.63. The zero-order valence-corrected chi connectivity index (χ0v) is 11.8. The quantitative estimate of drug-likeness (QED) is 0.724. The van der Waals surface area contributed by atoms with Gasteiger partial charge in [0, 0.05) is 10.6 Å². The van der Waals surface area contributed by atoms with Crippen LogP contribution in [-0.4, -0.2) is 10.2 Å². The molecule has 20 heavy (non-hydrogen) atoms. The van der Waals surface area contributed by atoms with E-state index in [9.17, 15) is 0 Å². The molecule has 0 aliphatic rings. The van der Waals surface area contributed by atoms with Gasteiger partial charge in [-0.3, -0.25) is 5.10 Å². The first-order valence-corrected chi connectivity index (χ1v) is 6.71. The predicted molar refractivity (Wildman–Crippen MR) is 80.6 cm³/mol. The molecule has 0 bridgehead atoms. The molecule has 0 amide bonds. The minimum absolute atomic E-state index is 0.612. The topological polar surface area (TPSA) is 37.9 Å². The fourth-order valence-corrected chi connectivity index (χ4v) is 2.20. The van der Waals surface area contributed by atoms with E-state index in [1.54, 1.807) is 30.5 Å². The SMILES string of the molecule is Clc1ccc(Oc2cn[nH]c2-c2ccccc2Cl)cc1. The predicted octanol–water partition coefficient (Wildman–Crippen LogP) is 5.18. The van der Waals surface area contributed by atoms with Crippen LogP contribution in [0, 0.1) is 0 Å². The molecule has 100 valence electrons. The average Bonchev–Trinajstić information content (AvgIpc) is 2.90. The maximum absolute atomic E-state index is 6.19. The normalized spacial score (nSPS) is 10.5. The monoisotopic (exact) mass is 304 g/mol. The molecule has 1 heterocycles. The molecular formula is C15H10Cl2N2O. The second kappa shape index (κ2) is 5.57. The first-order chi connectivity index (χ1) is 9.74. The van der Waals surface area contributed by atoms with Gasteiger partial charge in [-0.15, -0.1) is 0 Å². The van der Waals surface area contributed by atoms with Crippen LogP contribution < -0.4 is 4.74 Å². The molecule has 0 saturated carbocycles. The highest BCUT2D eigenvalue weighted by atomic mass is 35.5. The van der Waals surface area contributed by atoms with Gasteiger partial charge < -0.3 is 4.74 Å². The summed E-state index contributed by atoms with van der Waals surface area (Å²) in [6.45, 7) is 0. The fraction of sp³-hybridized carbons (Fsp3) is 0. The second-order valence-electron chi connectivity index (χ2n) is 4.15. The van der Waals surface area contributed by atoms with Crippen LogP contribution in [0.15, 0.2) is 54.7 Å². The number of benzene rings is 2. The van der Waals surface area contributed by atoms with Crippen LogP contribution in [0.2, 0.25) is 10.0 Å². The number of nitrogens with one attached hydrogen (secondary N) is 1. The number of aromatic nitrogens is 2. The molecule has 1 N–H and O–H groups in total. The van der Waals surface area contributed by atoms with Crippen LogP contribution in [0.5, 0.6) is 11.5 Å². The molecule has 0 saturated heterocycles. The Balaban J connectivity index is 1.95. The van der Waals surface area contributed by atoms with E-state index in [0.717, 1.165) is 11.3 Å².